The van der Waals surface area contributed by atoms with Crippen molar-refractivity contribution >= 4 is 23.5 Å². The molecule has 0 aliphatic heterocycles. The summed E-state index contributed by atoms with van der Waals surface area (Å²) < 4.78 is 5.17. The number of carbonyl (C=O) groups is 2. The van der Waals surface area contributed by atoms with Crippen LogP contribution in [0.3, 0.4) is 0 Å². The Bertz CT molecular complexity index is 518. The number of hydrogen-bond donors (Lipinski definition) is 2. The number of ether oxygens (including phenoxy) is 1. The van der Waals surface area contributed by atoms with Crippen LogP contribution in [0.4, 0.5) is 0 Å². The summed E-state index contributed by atoms with van der Waals surface area (Å²) in [5.74, 6) is -1.08. The first kappa shape index (κ1) is 17.3. The van der Waals surface area contributed by atoms with Gasteiger partial charge in [-0.2, -0.15) is 0 Å². The quantitative estimate of drug-likeness (QED) is 0.811. The highest BCUT2D eigenvalue weighted by Crippen LogP contribution is 2.26. The molecule has 1 rings (SSSR count). The van der Waals surface area contributed by atoms with Crippen LogP contribution in [0.2, 0.25) is 5.02 Å². The second kappa shape index (κ2) is 7.88. The van der Waals surface area contributed by atoms with Crippen LogP contribution in [0.15, 0.2) is 18.2 Å². The zero-order valence-electron chi connectivity index (χ0n) is 12.4. The van der Waals surface area contributed by atoms with Crippen LogP contribution in [-0.2, 0) is 16.0 Å². The summed E-state index contributed by atoms with van der Waals surface area (Å²) in [7, 11) is 1.49. The van der Waals surface area contributed by atoms with Crippen LogP contribution in [0, 0.1) is 5.92 Å². The molecular formula is C15H20ClNO4. The van der Waals surface area contributed by atoms with Gasteiger partial charge in [0.1, 0.15) is 11.8 Å². The van der Waals surface area contributed by atoms with Crippen LogP contribution in [-0.4, -0.2) is 30.1 Å². The van der Waals surface area contributed by atoms with E-state index in [-0.39, 0.29) is 12.3 Å². The second-order valence-electron chi connectivity index (χ2n) is 4.87. The van der Waals surface area contributed by atoms with E-state index in [2.05, 4.69) is 5.32 Å². The molecule has 2 N–H and O–H groups in total. The zero-order chi connectivity index (χ0) is 16.0. The molecule has 6 heteroatoms. The first-order valence-corrected chi connectivity index (χ1v) is 7.12. The van der Waals surface area contributed by atoms with E-state index in [9.17, 15) is 14.7 Å². The van der Waals surface area contributed by atoms with Gasteiger partial charge in [0.15, 0.2) is 0 Å². The molecule has 0 heterocycles. The molecule has 0 saturated carbocycles. The van der Waals surface area contributed by atoms with E-state index in [1.165, 1.54) is 7.11 Å². The van der Waals surface area contributed by atoms with E-state index in [0.29, 0.717) is 22.8 Å². The van der Waals surface area contributed by atoms with Crippen molar-refractivity contribution in [2.24, 2.45) is 5.92 Å². The summed E-state index contributed by atoms with van der Waals surface area (Å²) in [6.45, 7) is 3.67. The Hall–Kier alpha value is -1.75. The lowest BCUT2D eigenvalue weighted by Crippen LogP contribution is -2.45. The Labute approximate surface area is 129 Å². The van der Waals surface area contributed by atoms with Crippen LogP contribution in [0.25, 0.3) is 0 Å². The molecule has 1 aromatic rings. The van der Waals surface area contributed by atoms with Crippen LogP contribution >= 0.6 is 11.6 Å². The van der Waals surface area contributed by atoms with Crippen molar-refractivity contribution in [3.63, 3.8) is 0 Å². The molecule has 1 aromatic carbocycles. The number of rotatable bonds is 7. The van der Waals surface area contributed by atoms with Crippen molar-refractivity contribution in [2.75, 3.05) is 7.11 Å². The van der Waals surface area contributed by atoms with Gasteiger partial charge in [-0.25, -0.2) is 4.79 Å². The lowest BCUT2D eigenvalue weighted by atomic mass is 9.99. The largest absolute Gasteiger partial charge is 0.496 e. The number of carboxylic acid groups (broad SMARTS) is 1. The normalized spacial score (nSPS) is 13.3. The standard InChI is InChI=1S/C15H20ClNO4/c1-4-9(2)14(15(19)20)17-13(18)8-10-11(16)6-5-7-12(10)21-3/h5-7,9,14H,4,8H2,1-3H3,(H,17,18)(H,19,20)/t9-,14-/m0/s1. The monoisotopic (exact) mass is 313 g/mol. The minimum absolute atomic E-state index is 0.0247. The zero-order valence-corrected chi connectivity index (χ0v) is 13.1. The molecule has 0 bridgehead atoms. The summed E-state index contributed by atoms with van der Waals surface area (Å²) >= 11 is 6.06. The van der Waals surface area contributed by atoms with Gasteiger partial charge in [0.2, 0.25) is 5.91 Å². The molecule has 0 radical (unpaired) electrons. The van der Waals surface area contributed by atoms with E-state index in [4.69, 9.17) is 16.3 Å². The molecule has 2 atom stereocenters. The van der Waals surface area contributed by atoms with E-state index >= 15 is 0 Å². The van der Waals surface area contributed by atoms with Crippen molar-refractivity contribution in [2.45, 2.75) is 32.7 Å². The molecule has 5 nitrogen and oxygen atoms in total. The third kappa shape index (κ3) is 4.63. The van der Waals surface area contributed by atoms with Crippen molar-refractivity contribution in [1.29, 1.82) is 0 Å². The molecule has 0 unspecified atom stereocenters. The highest BCUT2D eigenvalue weighted by atomic mass is 35.5. The molecule has 0 fully saturated rings. The fraction of sp³-hybridized carbons (Fsp3) is 0.467. The Morgan fingerprint density at radius 3 is 2.62 bits per heavy atom. The summed E-state index contributed by atoms with van der Waals surface area (Å²) in [5.41, 5.74) is 0.549. The number of carbonyl (C=O) groups excluding carboxylic acids is 1. The summed E-state index contributed by atoms with van der Waals surface area (Å²) in [5, 5.41) is 12.1. The summed E-state index contributed by atoms with van der Waals surface area (Å²) in [6, 6.07) is 4.19. The number of aliphatic carboxylic acids is 1. The predicted octanol–water partition coefficient (Wildman–Crippen LogP) is 2.51. The second-order valence-corrected chi connectivity index (χ2v) is 5.27. The average molecular weight is 314 g/mol. The molecular weight excluding hydrogens is 294 g/mol. The van der Waals surface area contributed by atoms with E-state index in [1.807, 2.05) is 6.92 Å². The predicted molar refractivity (Wildman–Crippen MR) is 80.7 cm³/mol. The molecule has 0 aromatic heterocycles. The molecule has 1 amide bonds. The van der Waals surface area contributed by atoms with E-state index in [1.54, 1.807) is 25.1 Å². The van der Waals surface area contributed by atoms with Gasteiger partial charge in [0.05, 0.1) is 13.5 Å². The molecule has 0 spiro atoms. The maximum atomic E-state index is 12.1. The minimum atomic E-state index is -1.04. The Balaban J connectivity index is 2.84. The molecule has 0 saturated heterocycles. The fourth-order valence-corrected chi connectivity index (χ4v) is 2.20. The maximum absolute atomic E-state index is 12.1. The van der Waals surface area contributed by atoms with Gasteiger partial charge in [-0.15, -0.1) is 0 Å². The van der Waals surface area contributed by atoms with Gasteiger partial charge in [-0.1, -0.05) is 37.9 Å². The van der Waals surface area contributed by atoms with Gasteiger partial charge in [0.25, 0.3) is 0 Å². The van der Waals surface area contributed by atoms with Crippen molar-refractivity contribution in [3.05, 3.63) is 28.8 Å². The van der Waals surface area contributed by atoms with Gasteiger partial charge in [-0.3, -0.25) is 4.79 Å². The average Bonchev–Trinajstić information content (AvgIpc) is 2.45. The highest BCUT2D eigenvalue weighted by Gasteiger charge is 2.25. The SMILES string of the molecule is CC[C@H](C)[C@H](NC(=O)Cc1c(Cl)cccc1OC)C(=O)O. The Morgan fingerprint density at radius 1 is 1.43 bits per heavy atom. The number of hydrogen-bond acceptors (Lipinski definition) is 3. The molecule has 0 aliphatic carbocycles. The topological polar surface area (TPSA) is 75.6 Å². The third-order valence-corrected chi connectivity index (χ3v) is 3.78. The van der Waals surface area contributed by atoms with Crippen LogP contribution in [0.5, 0.6) is 5.75 Å². The van der Waals surface area contributed by atoms with Gasteiger partial charge < -0.3 is 15.2 Å². The highest BCUT2D eigenvalue weighted by molar-refractivity contribution is 6.31. The molecule has 116 valence electrons. The fourth-order valence-electron chi connectivity index (χ4n) is 1.97. The minimum Gasteiger partial charge on any atom is -0.496 e. The van der Waals surface area contributed by atoms with Gasteiger partial charge in [0, 0.05) is 10.6 Å². The number of methoxy groups -OCH3 is 1. The summed E-state index contributed by atoms with van der Waals surface area (Å²) in [4.78, 5) is 23.3. The van der Waals surface area contributed by atoms with E-state index in [0.717, 1.165) is 0 Å². The Kier molecular flexibility index (Phi) is 6.49. The first-order chi connectivity index (χ1) is 9.90. The molecule has 21 heavy (non-hydrogen) atoms. The number of carboxylic acids is 1. The number of benzene rings is 1. The smallest absolute Gasteiger partial charge is 0.326 e. The van der Waals surface area contributed by atoms with Crippen molar-refractivity contribution < 1.29 is 19.4 Å². The lowest BCUT2D eigenvalue weighted by molar-refractivity contribution is -0.143. The lowest BCUT2D eigenvalue weighted by Gasteiger charge is -2.20. The number of nitrogens with one attached hydrogen (secondary N) is 1. The summed E-state index contributed by atoms with van der Waals surface area (Å²) in [6.07, 6.45) is 0.635. The van der Waals surface area contributed by atoms with E-state index < -0.39 is 17.9 Å². The Morgan fingerprint density at radius 2 is 2.10 bits per heavy atom. The van der Waals surface area contributed by atoms with Crippen LogP contribution < -0.4 is 10.1 Å². The maximum Gasteiger partial charge on any atom is 0.326 e. The van der Waals surface area contributed by atoms with Gasteiger partial charge in [-0.05, 0) is 18.1 Å². The van der Waals surface area contributed by atoms with Crippen molar-refractivity contribution in [3.8, 4) is 5.75 Å². The number of halogens is 1. The molecule has 0 aliphatic rings. The van der Waals surface area contributed by atoms with Gasteiger partial charge >= 0.3 is 5.97 Å². The first-order valence-electron chi connectivity index (χ1n) is 6.74. The van der Waals surface area contributed by atoms with Crippen LogP contribution in [0.1, 0.15) is 25.8 Å². The number of amides is 1. The van der Waals surface area contributed by atoms with Crippen molar-refractivity contribution in [1.82, 2.24) is 5.32 Å². The third-order valence-electron chi connectivity index (χ3n) is 3.43.